The van der Waals surface area contributed by atoms with Gasteiger partial charge in [0.05, 0.1) is 0 Å². The first kappa shape index (κ1) is 19.7. The fraction of sp³-hybridized carbons (Fsp3) is 1.00. The third-order valence-corrected chi connectivity index (χ3v) is 2.56. The van der Waals surface area contributed by atoms with Crippen LogP contribution in [-0.2, 0) is 0 Å². The Morgan fingerprint density at radius 1 is 0.400 bits per heavy atom. The largest absolute Gasteiger partial charge is 0.433 e. The van der Waals surface area contributed by atoms with Crippen LogP contribution in [0.3, 0.4) is 0 Å². The maximum absolute atomic E-state index is 13.2. The topological polar surface area (TPSA) is 0 Å². The maximum atomic E-state index is 13.2. The van der Waals surface area contributed by atoms with E-state index in [1.54, 1.807) is 0 Å². The second-order valence-electron chi connectivity index (χ2n) is 3.31. The van der Waals surface area contributed by atoms with Gasteiger partial charge in [-0.1, -0.05) is 0 Å². The number of hydrogen-bond acceptors (Lipinski definition) is 0. The van der Waals surface area contributed by atoms with Crippen LogP contribution in [0, 0.1) is 0 Å². The molecule has 0 saturated carbocycles. The molecular weight excluding hydrogens is 371 g/mol. The van der Waals surface area contributed by atoms with Crippen LogP contribution in [-0.4, -0.2) is 34.5 Å². The molecule has 0 heterocycles. The summed E-state index contributed by atoms with van der Waals surface area (Å²) in [5.74, 6) is 0. The van der Waals surface area contributed by atoms with Gasteiger partial charge in [-0.15, -0.1) is 0 Å². The van der Waals surface area contributed by atoms with E-state index < -0.39 is 34.5 Å². The SMILES string of the molecule is FC(F)(F)C(F)(C(F)(F)Cl)C(F)(C(F)(F)F)C(F)(F)Cl. The second kappa shape index (κ2) is 4.62. The van der Waals surface area contributed by atoms with Crippen LogP contribution in [0.1, 0.15) is 0 Å². The summed E-state index contributed by atoms with van der Waals surface area (Å²) >= 11 is 6.92. The monoisotopic (exact) mass is 370 g/mol. The molecule has 0 amide bonds. The molecule has 0 nitrogen and oxygen atoms in total. The van der Waals surface area contributed by atoms with Crippen molar-refractivity contribution < 1.29 is 52.7 Å². The van der Waals surface area contributed by atoms with Crippen LogP contribution in [0.5, 0.6) is 0 Å². The predicted octanol–water partition coefficient (Wildman–Crippen LogP) is 5.19. The lowest BCUT2D eigenvalue weighted by atomic mass is 9.84. The van der Waals surface area contributed by atoms with Crippen molar-refractivity contribution in [3.05, 3.63) is 0 Å². The summed E-state index contributed by atoms with van der Waals surface area (Å²) in [5.41, 5.74) is -15.1. The van der Waals surface area contributed by atoms with E-state index in [9.17, 15) is 52.7 Å². The second-order valence-corrected chi connectivity index (χ2v) is 4.26. The van der Waals surface area contributed by atoms with Crippen molar-refractivity contribution in [3.8, 4) is 0 Å². The minimum atomic E-state index is -7.54. The van der Waals surface area contributed by atoms with Gasteiger partial charge in [-0.3, -0.25) is 0 Å². The summed E-state index contributed by atoms with van der Waals surface area (Å²) in [7, 11) is 0. The van der Waals surface area contributed by atoms with Gasteiger partial charge in [-0.25, -0.2) is 8.78 Å². The van der Waals surface area contributed by atoms with Crippen molar-refractivity contribution in [2.24, 2.45) is 0 Å². The summed E-state index contributed by atoms with van der Waals surface area (Å²) in [6.07, 6.45) is -14.9. The van der Waals surface area contributed by atoms with Gasteiger partial charge < -0.3 is 0 Å². The Bertz CT molecular complexity index is 292. The van der Waals surface area contributed by atoms with E-state index in [4.69, 9.17) is 0 Å². The summed E-state index contributed by atoms with van der Waals surface area (Å²) < 4.78 is 148. The number of rotatable bonds is 3. The molecule has 0 N–H and O–H groups in total. The van der Waals surface area contributed by atoms with Gasteiger partial charge in [-0.05, 0) is 23.2 Å². The van der Waals surface area contributed by atoms with E-state index in [0.717, 1.165) is 0 Å². The Kier molecular flexibility index (Phi) is 4.56. The van der Waals surface area contributed by atoms with Crippen LogP contribution in [0.25, 0.3) is 0 Å². The van der Waals surface area contributed by atoms with Crippen molar-refractivity contribution in [3.63, 3.8) is 0 Å². The molecule has 2 atom stereocenters. The summed E-state index contributed by atoms with van der Waals surface area (Å²) in [4.78, 5) is 0. The molecule has 20 heavy (non-hydrogen) atoms. The first-order valence-corrected chi connectivity index (χ1v) is 4.65. The lowest BCUT2D eigenvalue weighted by Crippen LogP contribution is -2.75. The van der Waals surface area contributed by atoms with Crippen molar-refractivity contribution in [2.45, 2.75) is 34.5 Å². The number of hydrogen-bond donors (Lipinski definition) is 0. The molecule has 0 aliphatic rings. The zero-order chi connectivity index (χ0) is 17.0. The Morgan fingerprint density at radius 2 is 0.550 bits per heavy atom. The Morgan fingerprint density at radius 3 is 0.600 bits per heavy atom. The normalized spacial score (nSPS) is 21.3. The molecule has 0 bridgehead atoms. The van der Waals surface area contributed by atoms with Crippen molar-refractivity contribution >= 4 is 23.2 Å². The highest BCUT2D eigenvalue weighted by Crippen LogP contribution is 2.64. The zero-order valence-corrected chi connectivity index (χ0v) is 9.80. The Hall–Kier alpha value is -0.260. The number of alkyl halides is 14. The molecule has 2 unspecified atom stereocenters. The number of halogens is 14. The molecule has 0 aromatic rings. The molecule has 0 spiro atoms. The van der Waals surface area contributed by atoms with E-state index in [-0.39, 0.29) is 0 Å². The van der Waals surface area contributed by atoms with Crippen LogP contribution in [0.2, 0.25) is 0 Å². The standard InChI is InChI=1S/C6Cl2F12/c7-3(11,12)1(9,5(15,16)17)2(10,4(8,13)14)6(18,19)20. The van der Waals surface area contributed by atoms with E-state index >= 15 is 0 Å². The molecule has 0 aromatic carbocycles. The van der Waals surface area contributed by atoms with Crippen molar-refractivity contribution in [2.75, 3.05) is 0 Å². The molecule has 0 radical (unpaired) electrons. The fourth-order valence-electron chi connectivity index (χ4n) is 1.10. The third kappa shape index (κ3) is 2.48. The smallest absolute Gasteiger partial charge is 0.221 e. The van der Waals surface area contributed by atoms with Crippen LogP contribution >= 0.6 is 23.2 Å². The third-order valence-electron chi connectivity index (χ3n) is 2.04. The predicted molar refractivity (Wildman–Crippen MR) is 41.4 cm³/mol. The molecule has 0 aromatic heterocycles. The Balaban J connectivity index is 6.71. The molecule has 122 valence electrons. The highest BCUT2D eigenvalue weighted by molar-refractivity contribution is 6.24. The molecular formula is C6Cl2F12. The molecule has 0 aliphatic carbocycles. The lowest BCUT2D eigenvalue weighted by molar-refractivity contribution is -0.403. The molecule has 0 rings (SSSR count). The summed E-state index contributed by atoms with van der Waals surface area (Å²) in [6, 6.07) is 0. The van der Waals surface area contributed by atoms with Gasteiger partial charge in [0, 0.05) is 0 Å². The van der Waals surface area contributed by atoms with E-state index in [2.05, 4.69) is 23.2 Å². The lowest BCUT2D eigenvalue weighted by Gasteiger charge is -2.43. The van der Waals surface area contributed by atoms with Crippen LogP contribution < -0.4 is 0 Å². The minimum absolute atomic E-state index is 3.46. The van der Waals surface area contributed by atoms with Crippen molar-refractivity contribution in [1.29, 1.82) is 0 Å². The average molecular weight is 371 g/mol. The van der Waals surface area contributed by atoms with Crippen LogP contribution in [0.4, 0.5) is 52.7 Å². The fourth-order valence-corrected chi connectivity index (χ4v) is 1.58. The molecule has 0 aliphatic heterocycles. The van der Waals surface area contributed by atoms with Gasteiger partial charge in [0.2, 0.25) is 0 Å². The van der Waals surface area contributed by atoms with Crippen LogP contribution in [0.15, 0.2) is 0 Å². The summed E-state index contributed by atoms with van der Waals surface area (Å²) in [6.45, 7) is 0. The first-order valence-electron chi connectivity index (χ1n) is 3.90. The first-order chi connectivity index (χ1) is 8.25. The molecule has 0 fully saturated rings. The van der Waals surface area contributed by atoms with Gasteiger partial charge in [0.1, 0.15) is 0 Å². The van der Waals surface area contributed by atoms with Gasteiger partial charge in [-0.2, -0.15) is 43.9 Å². The van der Waals surface area contributed by atoms with E-state index in [1.165, 1.54) is 0 Å². The van der Waals surface area contributed by atoms with E-state index in [0.29, 0.717) is 0 Å². The molecule has 0 saturated heterocycles. The quantitative estimate of drug-likeness (QED) is 0.473. The summed E-state index contributed by atoms with van der Waals surface area (Å²) in [5, 5.41) is -13.5. The molecule has 14 heteroatoms. The van der Waals surface area contributed by atoms with Crippen molar-refractivity contribution in [1.82, 2.24) is 0 Å². The van der Waals surface area contributed by atoms with Gasteiger partial charge >= 0.3 is 34.5 Å². The highest BCUT2D eigenvalue weighted by Gasteiger charge is 2.94. The highest BCUT2D eigenvalue weighted by atomic mass is 35.5. The van der Waals surface area contributed by atoms with Gasteiger partial charge in [0.25, 0.3) is 0 Å². The minimum Gasteiger partial charge on any atom is -0.221 e. The Labute approximate surface area is 111 Å². The maximum Gasteiger partial charge on any atom is 0.433 e. The zero-order valence-electron chi connectivity index (χ0n) is 8.29. The van der Waals surface area contributed by atoms with Gasteiger partial charge in [0.15, 0.2) is 0 Å². The average Bonchev–Trinajstić information content (AvgIpc) is 2.07. The van der Waals surface area contributed by atoms with E-state index in [1.807, 2.05) is 0 Å².